The van der Waals surface area contributed by atoms with Crippen LogP contribution in [0.4, 0.5) is 5.69 Å². The molecule has 1 aliphatic rings. The van der Waals surface area contributed by atoms with Gasteiger partial charge in [0.1, 0.15) is 0 Å². The molecule has 8 heteroatoms. The fourth-order valence-electron chi connectivity index (χ4n) is 3.34. The average molecular weight is 418 g/mol. The molecule has 3 N–H and O–H groups in total. The Labute approximate surface area is 171 Å². The van der Waals surface area contributed by atoms with Gasteiger partial charge in [0.2, 0.25) is 15.9 Å². The van der Waals surface area contributed by atoms with E-state index in [0.29, 0.717) is 32.0 Å². The van der Waals surface area contributed by atoms with Gasteiger partial charge in [0, 0.05) is 18.8 Å². The second-order valence-corrected chi connectivity index (χ2v) is 9.01. The number of nitrogens with one attached hydrogen (secondary N) is 1. The Morgan fingerprint density at radius 2 is 1.86 bits per heavy atom. The van der Waals surface area contributed by atoms with E-state index in [1.165, 1.54) is 24.3 Å². The summed E-state index contributed by atoms with van der Waals surface area (Å²) in [5.41, 5.74) is 7.18. The van der Waals surface area contributed by atoms with Crippen LogP contribution in [-0.4, -0.2) is 45.5 Å². The molecule has 1 amide bonds. The van der Waals surface area contributed by atoms with E-state index < -0.39 is 10.0 Å². The van der Waals surface area contributed by atoms with Gasteiger partial charge in [0.25, 0.3) is 0 Å². The Balaban J connectivity index is 1.46. The minimum absolute atomic E-state index is 0.0883. The van der Waals surface area contributed by atoms with Crippen LogP contribution < -0.4 is 10.5 Å². The first-order valence-corrected chi connectivity index (χ1v) is 11.2. The number of nitrogens with two attached hydrogens (primary N) is 1. The van der Waals surface area contributed by atoms with Crippen LogP contribution >= 0.6 is 0 Å². The van der Waals surface area contributed by atoms with Gasteiger partial charge < -0.3 is 15.4 Å². The number of rotatable bonds is 8. The SMILES string of the molecule is Nc1ccc(S(=O)(=O)NCC(=O)N2CCCC(COCc3ccccc3)C2)cc1. The third-order valence-corrected chi connectivity index (χ3v) is 6.36. The van der Waals surface area contributed by atoms with Crippen LogP contribution in [-0.2, 0) is 26.2 Å². The van der Waals surface area contributed by atoms with Crippen molar-refractivity contribution in [3.63, 3.8) is 0 Å². The Hall–Kier alpha value is -2.42. The van der Waals surface area contributed by atoms with E-state index >= 15 is 0 Å². The summed E-state index contributed by atoms with van der Waals surface area (Å²) in [5.74, 6) is 0.0295. The van der Waals surface area contributed by atoms with E-state index in [2.05, 4.69) is 4.72 Å². The molecule has 3 rings (SSSR count). The molecular formula is C21H27N3O4S. The fraction of sp³-hybridized carbons (Fsp3) is 0.381. The van der Waals surface area contributed by atoms with Gasteiger partial charge in [-0.2, -0.15) is 0 Å². The molecule has 1 unspecified atom stereocenters. The maximum absolute atomic E-state index is 12.5. The summed E-state index contributed by atoms with van der Waals surface area (Å²) in [6.45, 7) is 2.08. The van der Waals surface area contributed by atoms with Crippen LogP contribution in [0.1, 0.15) is 18.4 Å². The topological polar surface area (TPSA) is 102 Å². The summed E-state index contributed by atoms with van der Waals surface area (Å²) < 4.78 is 32.8. The van der Waals surface area contributed by atoms with E-state index in [9.17, 15) is 13.2 Å². The zero-order valence-corrected chi connectivity index (χ0v) is 17.1. The number of benzene rings is 2. The number of likely N-dealkylation sites (tertiary alicyclic amines) is 1. The molecular weight excluding hydrogens is 390 g/mol. The molecule has 0 radical (unpaired) electrons. The van der Waals surface area contributed by atoms with Gasteiger partial charge in [-0.1, -0.05) is 30.3 Å². The lowest BCUT2D eigenvalue weighted by Gasteiger charge is -2.32. The van der Waals surface area contributed by atoms with E-state index in [1.54, 1.807) is 4.90 Å². The Morgan fingerprint density at radius 1 is 1.14 bits per heavy atom. The molecule has 7 nitrogen and oxygen atoms in total. The van der Waals surface area contributed by atoms with Crippen LogP contribution in [0.15, 0.2) is 59.5 Å². The van der Waals surface area contributed by atoms with E-state index in [4.69, 9.17) is 10.5 Å². The second kappa shape index (κ2) is 9.87. The summed E-state index contributed by atoms with van der Waals surface area (Å²) in [5, 5.41) is 0. The van der Waals surface area contributed by atoms with Crippen LogP contribution in [0.2, 0.25) is 0 Å². The van der Waals surface area contributed by atoms with Crippen molar-refractivity contribution in [1.82, 2.24) is 9.62 Å². The normalized spacial score (nSPS) is 17.2. The summed E-state index contributed by atoms with van der Waals surface area (Å²) in [6.07, 6.45) is 1.88. The van der Waals surface area contributed by atoms with Gasteiger partial charge in [-0.25, -0.2) is 13.1 Å². The number of hydrogen-bond acceptors (Lipinski definition) is 5. The predicted octanol–water partition coefficient (Wildman–Crippen LogP) is 2.00. The number of anilines is 1. The minimum Gasteiger partial charge on any atom is -0.399 e. The number of carbonyl (C=O) groups excluding carboxylic acids is 1. The molecule has 2 aromatic rings. The molecule has 156 valence electrons. The largest absolute Gasteiger partial charge is 0.399 e. The summed E-state index contributed by atoms with van der Waals surface area (Å²) in [7, 11) is -3.75. The summed E-state index contributed by atoms with van der Waals surface area (Å²) in [6, 6.07) is 15.8. The molecule has 0 aromatic heterocycles. The summed E-state index contributed by atoms with van der Waals surface area (Å²) in [4.78, 5) is 14.3. The molecule has 29 heavy (non-hydrogen) atoms. The number of carbonyl (C=O) groups is 1. The zero-order valence-electron chi connectivity index (χ0n) is 16.3. The van der Waals surface area contributed by atoms with E-state index in [0.717, 1.165) is 18.4 Å². The lowest BCUT2D eigenvalue weighted by atomic mass is 9.99. The Kier molecular flexibility index (Phi) is 7.24. The predicted molar refractivity (Wildman–Crippen MR) is 111 cm³/mol. The maximum Gasteiger partial charge on any atom is 0.241 e. The average Bonchev–Trinajstić information content (AvgIpc) is 2.73. The quantitative estimate of drug-likeness (QED) is 0.640. The van der Waals surface area contributed by atoms with Gasteiger partial charge in [0.05, 0.1) is 24.7 Å². The minimum atomic E-state index is -3.75. The number of hydrogen-bond donors (Lipinski definition) is 2. The van der Waals surface area contributed by atoms with Gasteiger partial charge >= 0.3 is 0 Å². The smallest absolute Gasteiger partial charge is 0.241 e. The highest BCUT2D eigenvalue weighted by atomic mass is 32.2. The third kappa shape index (κ3) is 6.28. The number of amides is 1. The zero-order chi connectivity index (χ0) is 20.7. The van der Waals surface area contributed by atoms with Gasteiger partial charge in [0.15, 0.2) is 0 Å². The number of nitrogen functional groups attached to an aromatic ring is 1. The Bertz CT molecular complexity index is 901. The first-order chi connectivity index (χ1) is 13.9. The molecule has 1 atom stereocenters. The first kappa shape index (κ1) is 21.3. The van der Waals surface area contributed by atoms with Gasteiger partial charge in [-0.15, -0.1) is 0 Å². The fourth-order valence-corrected chi connectivity index (χ4v) is 4.32. The highest BCUT2D eigenvalue weighted by Crippen LogP contribution is 2.18. The van der Waals surface area contributed by atoms with Crippen molar-refractivity contribution in [3.8, 4) is 0 Å². The molecule has 1 heterocycles. The van der Waals surface area contributed by atoms with Crippen molar-refractivity contribution in [2.75, 3.05) is 32.0 Å². The third-order valence-electron chi connectivity index (χ3n) is 4.94. The van der Waals surface area contributed by atoms with Crippen molar-refractivity contribution in [3.05, 3.63) is 60.2 Å². The molecule has 1 aliphatic heterocycles. The van der Waals surface area contributed by atoms with E-state index in [1.807, 2.05) is 30.3 Å². The van der Waals surface area contributed by atoms with Gasteiger partial charge in [-0.05, 0) is 48.6 Å². The van der Waals surface area contributed by atoms with Gasteiger partial charge in [-0.3, -0.25) is 4.79 Å². The highest BCUT2D eigenvalue weighted by Gasteiger charge is 2.25. The van der Waals surface area contributed by atoms with Crippen molar-refractivity contribution in [2.45, 2.75) is 24.3 Å². The van der Waals surface area contributed by atoms with Crippen LogP contribution in [0, 0.1) is 5.92 Å². The lowest BCUT2D eigenvalue weighted by Crippen LogP contribution is -2.45. The number of ether oxygens (including phenoxy) is 1. The van der Waals surface area contributed by atoms with Crippen LogP contribution in [0.5, 0.6) is 0 Å². The van der Waals surface area contributed by atoms with Crippen LogP contribution in [0.3, 0.4) is 0 Å². The summed E-state index contributed by atoms with van der Waals surface area (Å²) >= 11 is 0. The molecule has 0 saturated carbocycles. The highest BCUT2D eigenvalue weighted by molar-refractivity contribution is 7.89. The molecule has 0 bridgehead atoms. The monoisotopic (exact) mass is 417 g/mol. The van der Waals surface area contributed by atoms with Crippen molar-refractivity contribution >= 4 is 21.6 Å². The standard InChI is InChI=1S/C21H27N3O4S/c22-19-8-10-20(11-9-19)29(26,27)23-13-21(25)24-12-4-7-18(14-24)16-28-15-17-5-2-1-3-6-17/h1-3,5-6,8-11,18,23H,4,7,12-16,22H2. The molecule has 0 aliphatic carbocycles. The molecule has 0 spiro atoms. The van der Waals surface area contributed by atoms with E-state index in [-0.39, 0.29) is 23.3 Å². The maximum atomic E-state index is 12.5. The lowest BCUT2D eigenvalue weighted by molar-refractivity contribution is -0.132. The van der Waals surface area contributed by atoms with Crippen molar-refractivity contribution in [1.29, 1.82) is 0 Å². The number of sulfonamides is 1. The van der Waals surface area contributed by atoms with Crippen molar-refractivity contribution < 1.29 is 17.9 Å². The first-order valence-electron chi connectivity index (χ1n) is 9.69. The molecule has 1 fully saturated rings. The number of nitrogens with zero attached hydrogens (tertiary/aromatic N) is 1. The Morgan fingerprint density at radius 3 is 2.59 bits per heavy atom. The second-order valence-electron chi connectivity index (χ2n) is 7.24. The van der Waals surface area contributed by atoms with Crippen molar-refractivity contribution in [2.24, 2.45) is 5.92 Å². The van der Waals surface area contributed by atoms with Crippen LogP contribution in [0.25, 0.3) is 0 Å². The number of piperidine rings is 1. The molecule has 1 saturated heterocycles. The molecule has 2 aromatic carbocycles.